The molecule has 1 aliphatic heterocycles. The number of carbonyl (C=O) groups excluding carboxylic acids is 1. The summed E-state index contributed by atoms with van der Waals surface area (Å²) in [6.45, 7) is 4.36. The summed E-state index contributed by atoms with van der Waals surface area (Å²) in [6.07, 6.45) is 3.33. The van der Waals surface area contributed by atoms with Crippen molar-refractivity contribution in [1.82, 2.24) is 14.8 Å². The second-order valence-corrected chi connectivity index (χ2v) is 5.49. The Kier molecular flexibility index (Phi) is 4.41. The van der Waals surface area contributed by atoms with Crippen LogP contribution in [0.4, 0.5) is 5.95 Å². The first-order valence-electron chi connectivity index (χ1n) is 7.81. The summed E-state index contributed by atoms with van der Waals surface area (Å²) in [6, 6.07) is 9.47. The maximum Gasteiger partial charge on any atom is 0.338 e. The number of aromatic nitrogens is 3. The van der Waals surface area contributed by atoms with Crippen LogP contribution in [0.3, 0.4) is 0 Å². The van der Waals surface area contributed by atoms with Gasteiger partial charge < -0.3 is 10.1 Å². The van der Waals surface area contributed by atoms with Crippen LogP contribution in [0.2, 0.25) is 0 Å². The van der Waals surface area contributed by atoms with Crippen molar-refractivity contribution in [2.75, 3.05) is 11.9 Å². The number of nitrogens with one attached hydrogen (secondary N) is 1. The first kappa shape index (κ1) is 15.3. The van der Waals surface area contributed by atoms with Crippen molar-refractivity contribution in [3.05, 3.63) is 53.5 Å². The van der Waals surface area contributed by atoms with E-state index >= 15 is 0 Å². The van der Waals surface area contributed by atoms with Crippen LogP contribution in [0.1, 0.15) is 38.3 Å². The molecule has 1 atom stereocenters. The first-order chi connectivity index (χ1) is 11.2. The van der Waals surface area contributed by atoms with E-state index in [2.05, 4.69) is 22.3 Å². The Morgan fingerprint density at radius 2 is 2.13 bits per heavy atom. The minimum atomic E-state index is -0.330. The minimum absolute atomic E-state index is 0.307. The smallest absolute Gasteiger partial charge is 0.338 e. The normalized spacial score (nSPS) is 16.7. The Morgan fingerprint density at radius 3 is 2.87 bits per heavy atom. The summed E-state index contributed by atoms with van der Waals surface area (Å²) in [7, 11) is 0. The SMILES string of the molecule is CCCCOC(=O)C1=C(C)Nc2ncnn2C1c1ccccc1. The monoisotopic (exact) mass is 312 g/mol. The molecule has 3 rings (SSSR count). The Balaban J connectivity index is 1.99. The van der Waals surface area contributed by atoms with Crippen LogP contribution in [-0.4, -0.2) is 27.3 Å². The molecule has 1 N–H and O–H groups in total. The molecule has 6 nitrogen and oxygen atoms in total. The van der Waals surface area contributed by atoms with Gasteiger partial charge in [-0.1, -0.05) is 43.7 Å². The third-order valence-corrected chi connectivity index (χ3v) is 3.86. The molecule has 1 aliphatic rings. The van der Waals surface area contributed by atoms with E-state index in [0.717, 1.165) is 24.1 Å². The third-order valence-electron chi connectivity index (χ3n) is 3.86. The molecule has 0 fully saturated rings. The van der Waals surface area contributed by atoms with Gasteiger partial charge in [-0.15, -0.1) is 0 Å². The van der Waals surface area contributed by atoms with E-state index in [1.165, 1.54) is 6.33 Å². The van der Waals surface area contributed by atoms with Crippen molar-refractivity contribution in [1.29, 1.82) is 0 Å². The molecule has 0 bridgehead atoms. The number of hydrogen-bond acceptors (Lipinski definition) is 5. The molecule has 6 heteroatoms. The molecule has 1 aromatic carbocycles. The fourth-order valence-electron chi connectivity index (χ4n) is 2.69. The lowest BCUT2D eigenvalue weighted by Gasteiger charge is -2.28. The van der Waals surface area contributed by atoms with Crippen LogP contribution >= 0.6 is 0 Å². The van der Waals surface area contributed by atoms with Crippen molar-refractivity contribution >= 4 is 11.9 Å². The molecule has 1 unspecified atom stereocenters. The lowest BCUT2D eigenvalue weighted by molar-refractivity contribution is -0.139. The van der Waals surface area contributed by atoms with Gasteiger partial charge in [-0.05, 0) is 18.9 Å². The summed E-state index contributed by atoms with van der Waals surface area (Å²) in [5.41, 5.74) is 2.30. The molecule has 23 heavy (non-hydrogen) atoms. The van der Waals surface area contributed by atoms with Gasteiger partial charge in [-0.2, -0.15) is 10.1 Å². The topological polar surface area (TPSA) is 69.0 Å². The Hall–Kier alpha value is -2.63. The van der Waals surface area contributed by atoms with Crippen LogP contribution in [-0.2, 0) is 9.53 Å². The van der Waals surface area contributed by atoms with Gasteiger partial charge in [0.15, 0.2) is 0 Å². The Bertz CT molecular complexity index is 721. The Labute approximate surface area is 135 Å². The van der Waals surface area contributed by atoms with Crippen molar-refractivity contribution in [2.45, 2.75) is 32.7 Å². The van der Waals surface area contributed by atoms with E-state index in [0.29, 0.717) is 18.1 Å². The molecule has 120 valence electrons. The third kappa shape index (κ3) is 2.97. The van der Waals surface area contributed by atoms with Gasteiger partial charge in [0.2, 0.25) is 5.95 Å². The number of rotatable bonds is 5. The first-order valence-corrected chi connectivity index (χ1v) is 7.81. The Morgan fingerprint density at radius 1 is 1.35 bits per heavy atom. The maximum absolute atomic E-state index is 12.6. The highest BCUT2D eigenvalue weighted by molar-refractivity contribution is 5.92. The summed E-state index contributed by atoms with van der Waals surface area (Å²) >= 11 is 0. The fourth-order valence-corrected chi connectivity index (χ4v) is 2.69. The van der Waals surface area contributed by atoms with E-state index in [4.69, 9.17) is 4.74 Å². The summed E-state index contributed by atoms with van der Waals surface area (Å²) in [5.74, 6) is 0.319. The number of allylic oxidation sites excluding steroid dienone is 1. The number of ether oxygens (including phenoxy) is 1. The minimum Gasteiger partial charge on any atom is -0.462 e. The van der Waals surface area contributed by atoms with Gasteiger partial charge in [-0.3, -0.25) is 0 Å². The number of carbonyl (C=O) groups is 1. The molecule has 2 aromatic rings. The summed E-state index contributed by atoms with van der Waals surface area (Å²) in [4.78, 5) is 16.8. The second-order valence-electron chi connectivity index (χ2n) is 5.49. The molecule has 2 heterocycles. The lowest BCUT2D eigenvalue weighted by Crippen LogP contribution is -2.29. The zero-order valence-electron chi connectivity index (χ0n) is 13.3. The van der Waals surface area contributed by atoms with Crippen molar-refractivity contribution < 1.29 is 9.53 Å². The standard InChI is InChI=1S/C17H20N4O2/c1-3-4-10-23-16(22)14-12(2)20-17-18-11-19-21(17)15(14)13-8-6-5-7-9-13/h5-9,11,15H,3-4,10H2,1-2H3,(H,18,19,20). The quantitative estimate of drug-likeness (QED) is 0.679. The molecular weight excluding hydrogens is 292 g/mol. The van der Waals surface area contributed by atoms with Crippen molar-refractivity contribution in [3.8, 4) is 0 Å². The van der Waals surface area contributed by atoms with Crippen molar-refractivity contribution in [3.63, 3.8) is 0 Å². The van der Waals surface area contributed by atoms with Gasteiger partial charge >= 0.3 is 5.97 Å². The average Bonchev–Trinajstić information content (AvgIpc) is 3.02. The molecular formula is C17H20N4O2. The predicted molar refractivity (Wildman–Crippen MR) is 86.8 cm³/mol. The number of fused-ring (bicyclic) bond motifs is 1. The van der Waals surface area contributed by atoms with Gasteiger partial charge in [-0.25, -0.2) is 9.48 Å². The molecule has 0 saturated carbocycles. The molecule has 0 saturated heterocycles. The van der Waals surface area contributed by atoms with Crippen LogP contribution in [0.5, 0.6) is 0 Å². The number of anilines is 1. The van der Waals surface area contributed by atoms with E-state index in [1.54, 1.807) is 4.68 Å². The number of benzene rings is 1. The van der Waals surface area contributed by atoms with Crippen LogP contribution in [0.15, 0.2) is 47.9 Å². The fraction of sp³-hybridized carbons (Fsp3) is 0.353. The second kappa shape index (κ2) is 6.64. The zero-order valence-corrected chi connectivity index (χ0v) is 13.3. The zero-order chi connectivity index (χ0) is 16.2. The van der Waals surface area contributed by atoms with Crippen molar-refractivity contribution in [2.24, 2.45) is 0 Å². The van der Waals surface area contributed by atoms with Gasteiger partial charge in [0.25, 0.3) is 0 Å². The molecule has 0 amide bonds. The van der Waals surface area contributed by atoms with E-state index in [1.807, 2.05) is 37.3 Å². The van der Waals surface area contributed by atoms with E-state index < -0.39 is 0 Å². The molecule has 0 radical (unpaired) electrons. The number of nitrogens with zero attached hydrogens (tertiary/aromatic N) is 3. The highest BCUT2D eigenvalue weighted by Gasteiger charge is 2.34. The largest absolute Gasteiger partial charge is 0.462 e. The highest BCUT2D eigenvalue weighted by Crippen LogP contribution is 2.34. The number of hydrogen-bond donors (Lipinski definition) is 1. The summed E-state index contributed by atoms with van der Waals surface area (Å²) in [5, 5.41) is 7.41. The molecule has 0 aliphatic carbocycles. The van der Waals surface area contributed by atoms with Gasteiger partial charge in [0, 0.05) is 5.70 Å². The van der Waals surface area contributed by atoms with Gasteiger partial charge in [0.05, 0.1) is 12.2 Å². The molecule has 1 aromatic heterocycles. The number of esters is 1. The van der Waals surface area contributed by atoms with Crippen LogP contribution in [0.25, 0.3) is 0 Å². The number of unbranched alkanes of at least 4 members (excludes halogenated alkanes) is 1. The van der Waals surface area contributed by atoms with E-state index in [9.17, 15) is 4.79 Å². The average molecular weight is 312 g/mol. The summed E-state index contributed by atoms with van der Waals surface area (Å²) < 4.78 is 7.16. The van der Waals surface area contributed by atoms with Gasteiger partial charge in [0.1, 0.15) is 12.4 Å². The van der Waals surface area contributed by atoms with E-state index in [-0.39, 0.29) is 12.0 Å². The lowest BCUT2D eigenvalue weighted by atomic mass is 9.96. The molecule has 0 spiro atoms. The van der Waals surface area contributed by atoms with Crippen LogP contribution in [0, 0.1) is 0 Å². The highest BCUT2D eigenvalue weighted by atomic mass is 16.5. The predicted octanol–water partition coefficient (Wildman–Crippen LogP) is 2.91. The van der Waals surface area contributed by atoms with Crippen LogP contribution < -0.4 is 5.32 Å². The maximum atomic E-state index is 12.6.